The van der Waals surface area contributed by atoms with Crippen LogP contribution in [-0.4, -0.2) is 24.8 Å². The lowest BCUT2D eigenvalue weighted by atomic mass is 10.2. The highest BCUT2D eigenvalue weighted by Crippen LogP contribution is 2.31. The van der Waals surface area contributed by atoms with Gasteiger partial charge in [0.2, 0.25) is 0 Å². The quantitative estimate of drug-likeness (QED) is 0.582. The summed E-state index contributed by atoms with van der Waals surface area (Å²) in [6.07, 6.45) is 3.23. The van der Waals surface area contributed by atoms with Gasteiger partial charge in [-0.25, -0.2) is 4.52 Å². The molecule has 0 aliphatic carbocycles. The summed E-state index contributed by atoms with van der Waals surface area (Å²) < 4.78 is 1.73. The van der Waals surface area contributed by atoms with Crippen molar-refractivity contribution in [2.24, 2.45) is 0 Å². The predicted molar refractivity (Wildman–Crippen MR) is 103 cm³/mol. The van der Waals surface area contributed by atoms with Crippen molar-refractivity contribution in [2.45, 2.75) is 20.8 Å². The summed E-state index contributed by atoms with van der Waals surface area (Å²) >= 11 is 1.47. The maximum Gasteiger partial charge on any atom is 0.151 e. The first-order valence-electron chi connectivity index (χ1n) is 8.10. The first-order chi connectivity index (χ1) is 12.7. The van der Waals surface area contributed by atoms with Crippen molar-refractivity contribution in [1.82, 2.24) is 24.8 Å². The third-order valence-electron chi connectivity index (χ3n) is 3.58. The summed E-state index contributed by atoms with van der Waals surface area (Å²) in [6.45, 7) is 5.90. The number of aromatic nitrogens is 5. The van der Waals surface area contributed by atoms with E-state index in [1.54, 1.807) is 22.8 Å². The molecule has 0 amide bonds. The number of nitrogen functional groups attached to an aromatic ring is 1. The minimum Gasteiger partial charge on any atom is -0.398 e. The smallest absolute Gasteiger partial charge is 0.151 e. The topological polar surface area (TPSA) is 106 Å². The van der Waals surface area contributed by atoms with Gasteiger partial charge in [0.25, 0.3) is 0 Å². The zero-order chi connectivity index (χ0) is 18.7. The van der Waals surface area contributed by atoms with Crippen molar-refractivity contribution in [3.8, 4) is 28.0 Å². The molecule has 4 rings (SSSR count). The zero-order valence-corrected chi connectivity index (χ0v) is 15.4. The fourth-order valence-electron chi connectivity index (χ4n) is 2.45. The van der Waals surface area contributed by atoms with Gasteiger partial charge in [-0.05, 0) is 31.2 Å². The molecule has 0 spiro atoms. The Kier molecular flexibility index (Phi) is 4.91. The summed E-state index contributed by atoms with van der Waals surface area (Å²) in [4.78, 5) is 4.49. The third kappa shape index (κ3) is 3.12. The lowest BCUT2D eigenvalue weighted by Gasteiger charge is -2.05. The minimum absolute atomic E-state index is 0.515. The molecule has 8 heteroatoms. The van der Waals surface area contributed by atoms with Gasteiger partial charge in [-0.15, -0.1) is 10.2 Å². The fourth-order valence-corrected chi connectivity index (χ4v) is 3.17. The maximum atomic E-state index is 8.96. The normalized spacial score (nSPS) is 10.2. The van der Waals surface area contributed by atoms with Gasteiger partial charge in [0, 0.05) is 11.9 Å². The predicted octanol–water partition coefficient (Wildman–Crippen LogP) is 3.70. The molecule has 130 valence electrons. The fraction of sp³-hybridized carbons (Fsp3) is 0.167. The SMILES string of the molecule is CC.Cc1nnc(-c2cnc(-c3ccc4cc(C#N)cnn34)cc2N)s1. The van der Waals surface area contributed by atoms with Gasteiger partial charge in [0.1, 0.15) is 11.1 Å². The second-order valence-corrected chi connectivity index (χ2v) is 6.38. The molecule has 0 saturated carbocycles. The monoisotopic (exact) mass is 363 g/mol. The van der Waals surface area contributed by atoms with E-state index in [4.69, 9.17) is 11.0 Å². The Morgan fingerprint density at radius 2 is 1.96 bits per heavy atom. The van der Waals surface area contributed by atoms with Crippen LogP contribution in [-0.2, 0) is 0 Å². The van der Waals surface area contributed by atoms with Gasteiger partial charge in [-0.3, -0.25) is 4.98 Å². The Labute approximate surface area is 154 Å². The molecule has 0 bridgehead atoms. The van der Waals surface area contributed by atoms with Gasteiger partial charge in [-0.1, -0.05) is 25.2 Å². The van der Waals surface area contributed by atoms with Crippen molar-refractivity contribution in [3.63, 3.8) is 0 Å². The Bertz CT molecular complexity index is 1100. The van der Waals surface area contributed by atoms with E-state index in [1.165, 1.54) is 17.5 Å². The molecule has 7 nitrogen and oxygen atoms in total. The van der Waals surface area contributed by atoms with Crippen LogP contribution in [0.1, 0.15) is 24.4 Å². The summed E-state index contributed by atoms with van der Waals surface area (Å²) in [5, 5.41) is 23.0. The number of hydrogen-bond donors (Lipinski definition) is 1. The molecule has 0 fully saturated rings. The van der Waals surface area contributed by atoms with Gasteiger partial charge < -0.3 is 5.73 Å². The molecule has 26 heavy (non-hydrogen) atoms. The van der Waals surface area contributed by atoms with E-state index in [-0.39, 0.29) is 0 Å². The number of anilines is 1. The molecule has 4 aromatic heterocycles. The van der Waals surface area contributed by atoms with Crippen molar-refractivity contribution in [2.75, 3.05) is 5.73 Å². The van der Waals surface area contributed by atoms with Crippen LogP contribution < -0.4 is 5.73 Å². The van der Waals surface area contributed by atoms with Crippen LogP contribution in [0.2, 0.25) is 0 Å². The number of pyridine rings is 1. The van der Waals surface area contributed by atoms with E-state index >= 15 is 0 Å². The van der Waals surface area contributed by atoms with Crippen LogP contribution >= 0.6 is 11.3 Å². The zero-order valence-electron chi connectivity index (χ0n) is 14.6. The number of nitrogens with two attached hydrogens (primary N) is 1. The highest BCUT2D eigenvalue weighted by atomic mass is 32.1. The Morgan fingerprint density at radius 3 is 2.62 bits per heavy atom. The summed E-state index contributed by atoms with van der Waals surface area (Å²) in [5.41, 5.74) is 10.4. The summed E-state index contributed by atoms with van der Waals surface area (Å²) in [5.74, 6) is 0. The molecular formula is C18H17N7S. The number of nitrogens with zero attached hydrogens (tertiary/aromatic N) is 6. The van der Waals surface area contributed by atoms with E-state index in [0.29, 0.717) is 16.9 Å². The van der Waals surface area contributed by atoms with Crippen molar-refractivity contribution < 1.29 is 0 Å². The average molecular weight is 363 g/mol. The molecule has 2 N–H and O–H groups in total. The highest BCUT2D eigenvalue weighted by Gasteiger charge is 2.13. The molecule has 0 unspecified atom stereocenters. The first-order valence-corrected chi connectivity index (χ1v) is 8.91. The average Bonchev–Trinajstić information content (AvgIpc) is 3.29. The molecular weight excluding hydrogens is 346 g/mol. The van der Waals surface area contributed by atoms with E-state index in [0.717, 1.165) is 26.8 Å². The van der Waals surface area contributed by atoms with Crippen LogP contribution in [0.4, 0.5) is 5.69 Å². The second-order valence-electron chi connectivity index (χ2n) is 5.19. The largest absolute Gasteiger partial charge is 0.398 e. The highest BCUT2D eigenvalue weighted by molar-refractivity contribution is 7.14. The molecule has 0 saturated heterocycles. The van der Waals surface area contributed by atoms with Crippen LogP contribution in [0.15, 0.2) is 36.7 Å². The maximum absolute atomic E-state index is 8.96. The minimum atomic E-state index is 0.515. The number of hydrogen-bond acceptors (Lipinski definition) is 7. The number of rotatable bonds is 2. The first kappa shape index (κ1) is 17.5. The van der Waals surface area contributed by atoms with Gasteiger partial charge in [0.05, 0.1) is 34.2 Å². The molecule has 4 aromatic rings. The van der Waals surface area contributed by atoms with Crippen molar-refractivity contribution in [1.29, 1.82) is 5.26 Å². The molecule has 0 radical (unpaired) electrons. The van der Waals surface area contributed by atoms with Crippen LogP contribution in [0, 0.1) is 18.3 Å². The molecule has 0 aliphatic rings. The lowest BCUT2D eigenvalue weighted by Crippen LogP contribution is -1.98. The number of aryl methyl sites for hydroxylation is 1. The van der Waals surface area contributed by atoms with E-state index in [1.807, 2.05) is 32.9 Å². The Hall–Kier alpha value is -3.31. The van der Waals surface area contributed by atoms with Crippen LogP contribution in [0.25, 0.3) is 27.5 Å². The molecule has 0 aromatic carbocycles. The number of nitriles is 1. The van der Waals surface area contributed by atoms with Gasteiger partial charge in [0.15, 0.2) is 5.01 Å². The van der Waals surface area contributed by atoms with Crippen LogP contribution in [0.5, 0.6) is 0 Å². The molecule has 0 aliphatic heterocycles. The van der Waals surface area contributed by atoms with Crippen molar-refractivity contribution in [3.05, 3.63) is 47.2 Å². The summed E-state index contributed by atoms with van der Waals surface area (Å²) in [6, 6.07) is 9.45. The third-order valence-corrected chi connectivity index (χ3v) is 4.46. The lowest BCUT2D eigenvalue weighted by molar-refractivity contribution is 0.939. The van der Waals surface area contributed by atoms with Crippen molar-refractivity contribution >= 4 is 22.5 Å². The van der Waals surface area contributed by atoms with Crippen LogP contribution in [0.3, 0.4) is 0 Å². The van der Waals surface area contributed by atoms with E-state index < -0.39 is 0 Å². The molecule has 4 heterocycles. The number of fused-ring (bicyclic) bond motifs is 1. The standard InChI is InChI=1S/C16H11N7S.C2H6/c1-9-21-22-16(24-9)12-8-19-14(5-13(12)18)15-3-2-11-4-10(6-17)7-20-23(11)15;1-2/h2-5,7-8H,1H3,(H2,18,19);1-2H3. The Balaban J connectivity index is 0.000000948. The van der Waals surface area contributed by atoms with Gasteiger partial charge in [-0.2, -0.15) is 10.4 Å². The van der Waals surface area contributed by atoms with E-state index in [9.17, 15) is 0 Å². The Morgan fingerprint density at radius 1 is 1.15 bits per heavy atom. The summed E-state index contributed by atoms with van der Waals surface area (Å²) in [7, 11) is 0. The van der Waals surface area contributed by atoms with Gasteiger partial charge >= 0.3 is 0 Å². The molecule has 0 atom stereocenters. The second kappa shape index (κ2) is 7.29. The van der Waals surface area contributed by atoms with E-state index in [2.05, 4.69) is 26.3 Å².